The number of halogens is 2. The highest BCUT2D eigenvalue weighted by Crippen LogP contribution is 2.31. The molecule has 2 heterocycles. The monoisotopic (exact) mass is 457 g/mol. The fraction of sp³-hybridized carbons (Fsp3) is 0.136. The van der Waals surface area contributed by atoms with E-state index < -0.39 is 0 Å². The molecule has 1 aliphatic heterocycles. The topological polar surface area (TPSA) is 58.2 Å². The van der Waals surface area contributed by atoms with Crippen molar-refractivity contribution in [3.05, 3.63) is 93.9 Å². The van der Waals surface area contributed by atoms with Crippen LogP contribution in [0.3, 0.4) is 0 Å². The number of carbonyl (C=O) groups is 1. The van der Waals surface area contributed by atoms with Crippen LogP contribution in [-0.4, -0.2) is 27.4 Å². The molecule has 5 nitrogen and oxygen atoms in total. The van der Waals surface area contributed by atoms with Crippen molar-refractivity contribution in [1.82, 2.24) is 4.90 Å². The average Bonchev–Trinajstić information content (AvgIpc) is 3.35. The molecule has 0 aliphatic carbocycles. The van der Waals surface area contributed by atoms with Gasteiger partial charge in [0, 0.05) is 10.0 Å². The van der Waals surface area contributed by atoms with Crippen LogP contribution < -0.4 is 0 Å². The molecule has 30 heavy (non-hydrogen) atoms. The van der Waals surface area contributed by atoms with E-state index in [1.165, 1.54) is 11.8 Å². The van der Waals surface area contributed by atoms with Crippen molar-refractivity contribution >= 4 is 52.3 Å². The molecular formula is C22H17Cl2N3O2S. The van der Waals surface area contributed by atoms with Crippen molar-refractivity contribution in [1.29, 1.82) is 0 Å². The number of nitrogens with zero attached hydrogens (tertiary/aromatic N) is 3. The molecule has 8 heteroatoms. The lowest BCUT2D eigenvalue weighted by molar-refractivity contribution is -0.126. The Kier molecular flexibility index (Phi) is 6.57. The summed E-state index contributed by atoms with van der Waals surface area (Å²) in [7, 11) is 0. The minimum Gasteiger partial charge on any atom is -0.467 e. The third-order valence-corrected chi connectivity index (χ3v) is 6.14. The Morgan fingerprint density at radius 2 is 1.73 bits per heavy atom. The normalized spacial score (nSPS) is 18.1. The van der Waals surface area contributed by atoms with E-state index in [1.807, 2.05) is 42.5 Å². The zero-order chi connectivity index (χ0) is 20.9. The molecule has 4 rings (SSSR count). The predicted molar refractivity (Wildman–Crippen MR) is 122 cm³/mol. The smallest absolute Gasteiger partial charge is 0.242 e. The van der Waals surface area contributed by atoms with Crippen LogP contribution in [0.1, 0.15) is 16.9 Å². The Bertz CT molecular complexity index is 1060. The zero-order valence-electron chi connectivity index (χ0n) is 15.7. The van der Waals surface area contributed by atoms with Crippen molar-refractivity contribution in [2.24, 2.45) is 10.2 Å². The standard InChI is InChI=1S/C22H17Cl2N3O2S/c23-17-7-3-15(4-8-17)12-20-21(28)27(14-19-2-1-11-29-19)22(30-20)26-25-13-16-5-9-18(24)10-6-16/h1-11,13,20H,12,14H2/b25-13-,26-22-/t20-/m1/s1. The highest BCUT2D eigenvalue weighted by Gasteiger charge is 2.38. The van der Waals surface area contributed by atoms with Gasteiger partial charge in [-0.3, -0.25) is 9.69 Å². The van der Waals surface area contributed by atoms with Gasteiger partial charge in [-0.25, -0.2) is 0 Å². The summed E-state index contributed by atoms with van der Waals surface area (Å²) in [5.41, 5.74) is 1.91. The van der Waals surface area contributed by atoms with Gasteiger partial charge in [0.15, 0.2) is 5.17 Å². The van der Waals surface area contributed by atoms with Crippen LogP contribution in [0.4, 0.5) is 0 Å². The third-order valence-electron chi connectivity index (χ3n) is 4.47. The Hall–Kier alpha value is -2.54. The summed E-state index contributed by atoms with van der Waals surface area (Å²) in [6, 6.07) is 18.4. The van der Waals surface area contributed by atoms with Crippen LogP contribution in [0.5, 0.6) is 0 Å². The first-order valence-corrected chi connectivity index (χ1v) is 10.8. The first-order chi connectivity index (χ1) is 14.6. The summed E-state index contributed by atoms with van der Waals surface area (Å²) < 4.78 is 5.42. The van der Waals surface area contributed by atoms with Crippen molar-refractivity contribution < 1.29 is 9.21 Å². The Labute approximate surface area is 188 Å². The Balaban J connectivity index is 1.54. The van der Waals surface area contributed by atoms with Crippen molar-refractivity contribution in [2.75, 3.05) is 0 Å². The molecule has 0 bridgehead atoms. The van der Waals surface area contributed by atoms with Crippen LogP contribution in [0.2, 0.25) is 10.0 Å². The fourth-order valence-corrected chi connectivity index (χ4v) is 4.33. The number of thioether (sulfide) groups is 1. The highest BCUT2D eigenvalue weighted by atomic mass is 35.5. The van der Waals surface area contributed by atoms with Crippen LogP contribution >= 0.6 is 35.0 Å². The lowest BCUT2D eigenvalue weighted by Crippen LogP contribution is -2.32. The molecule has 0 radical (unpaired) electrons. The number of rotatable bonds is 6. The fourth-order valence-electron chi connectivity index (χ4n) is 2.95. The van der Waals surface area contributed by atoms with E-state index in [1.54, 1.807) is 35.6 Å². The number of carbonyl (C=O) groups excluding carboxylic acids is 1. The second kappa shape index (κ2) is 9.51. The molecule has 0 saturated carbocycles. The largest absolute Gasteiger partial charge is 0.467 e. The molecule has 2 aromatic carbocycles. The van der Waals surface area contributed by atoms with E-state index in [0.29, 0.717) is 33.9 Å². The average molecular weight is 458 g/mol. The quantitative estimate of drug-likeness (QED) is 0.354. The van der Waals surface area contributed by atoms with Gasteiger partial charge in [0.1, 0.15) is 5.76 Å². The molecule has 1 saturated heterocycles. The van der Waals surface area contributed by atoms with E-state index >= 15 is 0 Å². The van der Waals surface area contributed by atoms with Gasteiger partial charge < -0.3 is 4.42 Å². The number of furan rings is 1. The Morgan fingerprint density at radius 3 is 2.40 bits per heavy atom. The number of hydrogen-bond donors (Lipinski definition) is 0. The second-order valence-electron chi connectivity index (χ2n) is 6.62. The van der Waals surface area contributed by atoms with Gasteiger partial charge in [-0.1, -0.05) is 59.2 Å². The van der Waals surface area contributed by atoms with Crippen molar-refractivity contribution in [2.45, 2.75) is 18.2 Å². The first kappa shape index (κ1) is 20.7. The zero-order valence-corrected chi connectivity index (χ0v) is 18.1. The van der Waals surface area contributed by atoms with E-state index in [4.69, 9.17) is 27.6 Å². The van der Waals surface area contributed by atoms with Gasteiger partial charge in [-0.15, -0.1) is 5.10 Å². The second-order valence-corrected chi connectivity index (χ2v) is 8.66. The lowest BCUT2D eigenvalue weighted by Gasteiger charge is -2.14. The Morgan fingerprint density at radius 1 is 1.03 bits per heavy atom. The summed E-state index contributed by atoms with van der Waals surface area (Å²) in [5, 5.41) is 10.1. The van der Waals surface area contributed by atoms with E-state index in [0.717, 1.165) is 11.1 Å². The molecule has 1 amide bonds. The minimum atomic E-state index is -0.286. The SMILES string of the molecule is O=C1[C@@H](Cc2ccc(Cl)cc2)S/C(=N\N=C/c2ccc(Cl)cc2)N1Cc1ccco1. The molecule has 152 valence electrons. The number of amidine groups is 1. The molecule has 0 spiro atoms. The molecule has 0 unspecified atom stereocenters. The highest BCUT2D eigenvalue weighted by molar-refractivity contribution is 8.15. The lowest BCUT2D eigenvalue weighted by atomic mass is 10.1. The van der Waals surface area contributed by atoms with Crippen molar-refractivity contribution in [3.8, 4) is 0 Å². The molecular weight excluding hydrogens is 441 g/mol. The summed E-state index contributed by atoms with van der Waals surface area (Å²) in [5.74, 6) is 0.664. The maximum absolute atomic E-state index is 13.1. The van der Waals surface area contributed by atoms with Crippen LogP contribution in [0.25, 0.3) is 0 Å². The summed E-state index contributed by atoms with van der Waals surface area (Å²) in [6.45, 7) is 0.311. The number of benzene rings is 2. The summed E-state index contributed by atoms with van der Waals surface area (Å²) in [4.78, 5) is 14.7. The molecule has 3 aromatic rings. The number of hydrogen-bond acceptors (Lipinski definition) is 5. The predicted octanol–water partition coefficient (Wildman–Crippen LogP) is 5.66. The molecule has 1 aliphatic rings. The minimum absolute atomic E-state index is 0.0215. The van der Waals surface area contributed by atoms with E-state index in [9.17, 15) is 4.79 Å². The van der Waals surface area contributed by atoms with Gasteiger partial charge in [-0.2, -0.15) is 5.10 Å². The maximum Gasteiger partial charge on any atom is 0.242 e. The van der Waals surface area contributed by atoms with Gasteiger partial charge in [0.2, 0.25) is 5.91 Å². The van der Waals surface area contributed by atoms with Crippen LogP contribution in [0, 0.1) is 0 Å². The van der Waals surface area contributed by atoms with Gasteiger partial charge >= 0.3 is 0 Å². The van der Waals surface area contributed by atoms with Gasteiger partial charge in [0.25, 0.3) is 0 Å². The van der Waals surface area contributed by atoms with Crippen LogP contribution in [-0.2, 0) is 17.8 Å². The van der Waals surface area contributed by atoms with Gasteiger partial charge in [0.05, 0.1) is 24.3 Å². The molecule has 1 aromatic heterocycles. The molecule has 1 atom stereocenters. The van der Waals surface area contributed by atoms with E-state index in [2.05, 4.69) is 10.2 Å². The molecule has 0 N–H and O–H groups in total. The summed E-state index contributed by atoms with van der Waals surface area (Å²) in [6.07, 6.45) is 3.80. The van der Waals surface area contributed by atoms with E-state index in [-0.39, 0.29) is 11.2 Å². The number of amides is 1. The third kappa shape index (κ3) is 5.14. The summed E-state index contributed by atoms with van der Waals surface area (Å²) >= 11 is 13.3. The van der Waals surface area contributed by atoms with Gasteiger partial charge in [-0.05, 0) is 53.9 Å². The van der Waals surface area contributed by atoms with Crippen molar-refractivity contribution in [3.63, 3.8) is 0 Å². The molecule has 1 fully saturated rings. The van der Waals surface area contributed by atoms with Crippen LogP contribution in [0.15, 0.2) is 81.5 Å². The first-order valence-electron chi connectivity index (χ1n) is 9.20. The maximum atomic E-state index is 13.1.